The number of aromatic nitrogens is 1. The Labute approximate surface area is 133 Å². The average molecular weight is 320 g/mol. The van der Waals surface area contributed by atoms with Crippen LogP contribution in [0.1, 0.15) is 37.0 Å². The van der Waals surface area contributed by atoms with E-state index in [1.54, 1.807) is 11.3 Å². The van der Waals surface area contributed by atoms with Crippen LogP contribution >= 0.6 is 11.3 Å². The summed E-state index contributed by atoms with van der Waals surface area (Å²) in [5.74, 6) is -2.03. The van der Waals surface area contributed by atoms with Gasteiger partial charge in [-0.1, -0.05) is 19.1 Å². The minimum Gasteiger partial charge on any atom is -0.481 e. The lowest BCUT2D eigenvalue weighted by Gasteiger charge is -2.25. The zero-order chi connectivity index (χ0) is 15.9. The number of hydrogen-bond donors (Lipinski definition) is 2. The first-order chi connectivity index (χ1) is 10.5. The standard InChI is InChI=1S/C16H20N2O3S/c1-3-12-18-11(7-22-12)8(2)17-15(19)13-9-4-5-10(6-9)14(13)16(20)21/h4-5,7-10,13-14H,3,6H2,1-2H3,(H,17,19)(H,20,21). The SMILES string of the molecule is CCc1nc(C(C)NC(=O)C2C3C=CC(C3)C2C(=O)O)cs1. The predicted octanol–water partition coefficient (Wildman–Crippen LogP) is 2.41. The molecule has 5 nitrogen and oxygen atoms in total. The maximum Gasteiger partial charge on any atom is 0.307 e. The highest BCUT2D eigenvalue weighted by atomic mass is 32.1. The fourth-order valence-electron chi connectivity index (χ4n) is 3.59. The Kier molecular flexibility index (Phi) is 4.04. The van der Waals surface area contributed by atoms with E-state index in [1.165, 1.54) is 0 Å². The number of nitrogens with one attached hydrogen (secondary N) is 1. The molecule has 2 aliphatic carbocycles. The van der Waals surface area contributed by atoms with Gasteiger partial charge in [-0.05, 0) is 31.6 Å². The maximum atomic E-state index is 12.6. The van der Waals surface area contributed by atoms with Crippen molar-refractivity contribution in [2.45, 2.75) is 32.7 Å². The van der Waals surface area contributed by atoms with Crippen LogP contribution in [-0.4, -0.2) is 22.0 Å². The number of aryl methyl sites for hydroxylation is 1. The molecule has 3 rings (SSSR count). The molecule has 1 aromatic heterocycles. The van der Waals surface area contributed by atoms with Gasteiger partial charge in [0.05, 0.1) is 28.6 Å². The molecule has 1 saturated carbocycles. The first-order valence-electron chi connectivity index (χ1n) is 7.67. The number of carbonyl (C=O) groups excluding carboxylic acids is 1. The molecular formula is C16H20N2O3S. The number of aliphatic carboxylic acids is 1. The highest BCUT2D eigenvalue weighted by molar-refractivity contribution is 7.09. The zero-order valence-corrected chi connectivity index (χ0v) is 13.5. The number of carbonyl (C=O) groups is 2. The molecule has 118 valence electrons. The van der Waals surface area contributed by atoms with Crippen LogP contribution in [0.5, 0.6) is 0 Å². The van der Waals surface area contributed by atoms with Crippen LogP contribution in [0.4, 0.5) is 0 Å². The predicted molar refractivity (Wildman–Crippen MR) is 83.4 cm³/mol. The summed E-state index contributed by atoms with van der Waals surface area (Å²) in [6, 6.07) is -0.193. The Hall–Kier alpha value is -1.69. The lowest BCUT2D eigenvalue weighted by molar-refractivity contribution is -0.148. The summed E-state index contributed by atoms with van der Waals surface area (Å²) in [5, 5.41) is 15.4. The van der Waals surface area contributed by atoms with Crippen LogP contribution < -0.4 is 5.32 Å². The summed E-state index contributed by atoms with van der Waals surface area (Å²) in [6.07, 6.45) is 5.60. The maximum absolute atomic E-state index is 12.6. The van der Waals surface area contributed by atoms with Crippen molar-refractivity contribution in [2.24, 2.45) is 23.7 Å². The van der Waals surface area contributed by atoms with Crippen molar-refractivity contribution >= 4 is 23.2 Å². The number of fused-ring (bicyclic) bond motifs is 2. The largest absolute Gasteiger partial charge is 0.481 e. The number of carboxylic acid groups (broad SMARTS) is 1. The van der Waals surface area contributed by atoms with Gasteiger partial charge < -0.3 is 10.4 Å². The molecule has 0 spiro atoms. The molecule has 1 fully saturated rings. The Morgan fingerprint density at radius 1 is 1.41 bits per heavy atom. The van der Waals surface area contributed by atoms with E-state index in [-0.39, 0.29) is 23.8 Å². The summed E-state index contributed by atoms with van der Waals surface area (Å²) in [6.45, 7) is 3.94. The zero-order valence-electron chi connectivity index (χ0n) is 12.7. The van der Waals surface area contributed by atoms with Crippen LogP contribution in [-0.2, 0) is 16.0 Å². The second-order valence-electron chi connectivity index (χ2n) is 6.09. The van der Waals surface area contributed by atoms with Crippen LogP contribution in [0.2, 0.25) is 0 Å². The molecule has 5 unspecified atom stereocenters. The van der Waals surface area contributed by atoms with Crippen molar-refractivity contribution < 1.29 is 14.7 Å². The molecule has 0 aromatic carbocycles. The average Bonchev–Trinajstić information content (AvgIpc) is 3.20. The van der Waals surface area contributed by atoms with Gasteiger partial charge in [-0.2, -0.15) is 0 Å². The Morgan fingerprint density at radius 2 is 2.09 bits per heavy atom. The number of thiazole rings is 1. The van der Waals surface area contributed by atoms with E-state index >= 15 is 0 Å². The summed E-state index contributed by atoms with van der Waals surface area (Å²) < 4.78 is 0. The molecule has 0 aliphatic heterocycles. The van der Waals surface area contributed by atoms with Gasteiger partial charge in [0.1, 0.15) is 0 Å². The second-order valence-corrected chi connectivity index (χ2v) is 7.03. The highest BCUT2D eigenvalue weighted by Crippen LogP contribution is 2.48. The highest BCUT2D eigenvalue weighted by Gasteiger charge is 2.51. The van der Waals surface area contributed by atoms with Gasteiger partial charge in [-0.15, -0.1) is 11.3 Å². The van der Waals surface area contributed by atoms with Crippen molar-refractivity contribution in [3.63, 3.8) is 0 Å². The van der Waals surface area contributed by atoms with Gasteiger partial charge in [-0.25, -0.2) is 4.98 Å². The Bertz CT molecular complexity index is 625. The van der Waals surface area contributed by atoms with Gasteiger partial charge in [0.15, 0.2) is 0 Å². The monoisotopic (exact) mass is 320 g/mol. The molecule has 2 aliphatic rings. The molecule has 2 bridgehead atoms. The van der Waals surface area contributed by atoms with Crippen LogP contribution in [0, 0.1) is 23.7 Å². The Balaban J connectivity index is 1.71. The molecule has 6 heteroatoms. The summed E-state index contributed by atoms with van der Waals surface area (Å²) in [5.41, 5.74) is 0.848. The van der Waals surface area contributed by atoms with Crippen molar-refractivity contribution in [3.05, 3.63) is 28.2 Å². The van der Waals surface area contributed by atoms with Gasteiger partial charge in [-0.3, -0.25) is 9.59 Å². The van der Waals surface area contributed by atoms with E-state index in [1.807, 2.05) is 31.4 Å². The number of allylic oxidation sites excluding steroid dienone is 2. The van der Waals surface area contributed by atoms with E-state index in [4.69, 9.17) is 0 Å². The third kappa shape index (κ3) is 2.56. The van der Waals surface area contributed by atoms with Crippen molar-refractivity contribution in [1.29, 1.82) is 0 Å². The first kappa shape index (κ1) is 15.2. The third-order valence-corrected chi connectivity index (χ3v) is 5.73. The molecular weight excluding hydrogens is 300 g/mol. The summed E-state index contributed by atoms with van der Waals surface area (Å²) in [7, 11) is 0. The minimum absolute atomic E-state index is 0.000442. The smallest absolute Gasteiger partial charge is 0.307 e. The number of carboxylic acids is 1. The number of nitrogens with zero attached hydrogens (tertiary/aromatic N) is 1. The fraction of sp³-hybridized carbons (Fsp3) is 0.562. The molecule has 1 aromatic rings. The third-order valence-electron chi connectivity index (χ3n) is 4.72. The molecule has 5 atom stereocenters. The quantitative estimate of drug-likeness (QED) is 0.817. The van der Waals surface area contributed by atoms with Gasteiger partial charge >= 0.3 is 5.97 Å². The summed E-state index contributed by atoms with van der Waals surface area (Å²) in [4.78, 5) is 28.5. The van der Waals surface area contributed by atoms with Crippen LogP contribution in [0.15, 0.2) is 17.5 Å². The van der Waals surface area contributed by atoms with Crippen molar-refractivity contribution in [1.82, 2.24) is 10.3 Å². The topological polar surface area (TPSA) is 79.3 Å². The van der Waals surface area contributed by atoms with E-state index in [0.717, 1.165) is 23.5 Å². The minimum atomic E-state index is -0.869. The van der Waals surface area contributed by atoms with Crippen LogP contribution in [0.25, 0.3) is 0 Å². The van der Waals surface area contributed by atoms with Gasteiger partial charge in [0.2, 0.25) is 5.91 Å². The van der Waals surface area contributed by atoms with Crippen molar-refractivity contribution in [3.8, 4) is 0 Å². The van der Waals surface area contributed by atoms with Gasteiger partial charge in [0.25, 0.3) is 0 Å². The van der Waals surface area contributed by atoms with E-state index < -0.39 is 17.8 Å². The number of hydrogen-bond acceptors (Lipinski definition) is 4. The number of rotatable bonds is 5. The van der Waals surface area contributed by atoms with Crippen molar-refractivity contribution in [2.75, 3.05) is 0 Å². The first-order valence-corrected chi connectivity index (χ1v) is 8.55. The second kappa shape index (κ2) is 5.83. The van der Waals surface area contributed by atoms with E-state index in [2.05, 4.69) is 10.3 Å². The molecule has 22 heavy (non-hydrogen) atoms. The molecule has 0 radical (unpaired) electrons. The Morgan fingerprint density at radius 3 is 2.68 bits per heavy atom. The molecule has 0 saturated heterocycles. The molecule has 2 N–H and O–H groups in total. The van der Waals surface area contributed by atoms with E-state index in [9.17, 15) is 14.7 Å². The van der Waals surface area contributed by atoms with Crippen LogP contribution in [0.3, 0.4) is 0 Å². The summed E-state index contributed by atoms with van der Waals surface area (Å²) >= 11 is 1.59. The van der Waals surface area contributed by atoms with Gasteiger partial charge in [0, 0.05) is 5.38 Å². The normalized spacial score (nSPS) is 30.5. The lowest BCUT2D eigenvalue weighted by Crippen LogP contribution is -2.41. The molecule has 1 heterocycles. The lowest BCUT2D eigenvalue weighted by atomic mass is 9.82. The fourth-order valence-corrected chi connectivity index (χ4v) is 4.42. The molecule has 1 amide bonds. The van der Waals surface area contributed by atoms with E-state index in [0.29, 0.717) is 0 Å². The number of amides is 1.